The van der Waals surface area contributed by atoms with Gasteiger partial charge in [0.05, 0.1) is 0 Å². The fraction of sp³-hybridized carbons (Fsp3) is 0.833. The SMILES string of the molecule is CC(C)CCNC(=O)CCN1C(=O)CC(C(C)C)C1=O.CC(C)CNC(=O)C(C)(CCO)NS. The lowest BCUT2D eigenvalue weighted by atomic mass is 9.94. The molecule has 34 heavy (non-hydrogen) atoms. The highest BCUT2D eigenvalue weighted by atomic mass is 32.1. The number of imide groups is 1. The zero-order valence-corrected chi connectivity index (χ0v) is 22.8. The molecule has 2 atom stereocenters. The average Bonchev–Trinajstić information content (AvgIpc) is 3.04. The number of nitrogens with one attached hydrogen (secondary N) is 3. The maximum absolute atomic E-state index is 12.0. The lowest BCUT2D eigenvalue weighted by molar-refractivity contribution is -0.140. The van der Waals surface area contributed by atoms with Crippen molar-refractivity contribution in [2.24, 2.45) is 23.7 Å². The molecular formula is C24H46N4O5S. The van der Waals surface area contributed by atoms with Crippen LogP contribution in [0.3, 0.4) is 0 Å². The van der Waals surface area contributed by atoms with Crippen LogP contribution < -0.4 is 15.4 Å². The minimum atomic E-state index is -0.799. The van der Waals surface area contributed by atoms with E-state index in [-0.39, 0.29) is 61.5 Å². The number of amides is 4. The van der Waals surface area contributed by atoms with Gasteiger partial charge in [-0.3, -0.25) is 28.8 Å². The largest absolute Gasteiger partial charge is 0.396 e. The average molecular weight is 503 g/mol. The molecule has 0 aromatic heterocycles. The molecule has 0 bridgehead atoms. The molecule has 0 saturated carbocycles. The molecule has 4 amide bonds. The van der Waals surface area contributed by atoms with Gasteiger partial charge in [-0.2, -0.15) is 0 Å². The van der Waals surface area contributed by atoms with Gasteiger partial charge in [-0.1, -0.05) is 54.4 Å². The van der Waals surface area contributed by atoms with Gasteiger partial charge in [-0.15, -0.1) is 0 Å². The molecule has 0 aliphatic carbocycles. The van der Waals surface area contributed by atoms with Gasteiger partial charge in [0.15, 0.2) is 0 Å². The number of rotatable bonds is 13. The number of aliphatic hydroxyl groups is 1. The van der Waals surface area contributed by atoms with Crippen molar-refractivity contribution in [2.45, 2.75) is 79.7 Å². The number of aliphatic hydroxyl groups excluding tert-OH is 1. The molecular weight excluding hydrogens is 456 g/mol. The van der Waals surface area contributed by atoms with E-state index < -0.39 is 5.54 Å². The summed E-state index contributed by atoms with van der Waals surface area (Å²) < 4.78 is 2.63. The Kier molecular flexibility index (Phi) is 15.3. The summed E-state index contributed by atoms with van der Waals surface area (Å²) in [6.07, 6.45) is 1.76. The highest BCUT2D eigenvalue weighted by molar-refractivity contribution is 7.78. The molecule has 1 aliphatic heterocycles. The summed E-state index contributed by atoms with van der Waals surface area (Å²) in [4.78, 5) is 48.4. The number of hydrogen-bond acceptors (Lipinski definition) is 7. The number of hydrogen-bond donors (Lipinski definition) is 5. The second kappa shape index (κ2) is 16.1. The van der Waals surface area contributed by atoms with Crippen molar-refractivity contribution in [2.75, 3.05) is 26.2 Å². The molecule has 1 rings (SSSR count). The monoisotopic (exact) mass is 502 g/mol. The maximum atomic E-state index is 12.0. The van der Waals surface area contributed by atoms with Gasteiger partial charge in [-0.25, -0.2) is 0 Å². The van der Waals surface area contributed by atoms with Crippen molar-refractivity contribution in [1.29, 1.82) is 0 Å². The van der Waals surface area contributed by atoms with Crippen molar-refractivity contribution in [3.8, 4) is 0 Å². The lowest BCUT2D eigenvalue weighted by Crippen LogP contribution is -2.52. The van der Waals surface area contributed by atoms with Crippen LogP contribution in [-0.2, 0) is 19.2 Å². The Labute approximate surface area is 210 Å². The van der Waals surface area contributed by atoms with Crippen LogP contribution in [-0.4, -0.2) is 65.4 Å². The topological polar surface area (TPSA) is 128 Å². The maximum Gasteiger partial charge on any atom is 0.240 e. The zero-order valence-electron chi connectivity index (χ0n) is 21.9. The summed E-state index contributed by atoms with van der Waals surface area (Å²) in [5, 5.41) is 14.4. The fourth-order valence-corrected chi connectivity index (χ4v) is 3.42. The van der Waals surface area contributed by atoms with E-state index in [0.717, 1.165) is 6.42 Å². The number of thiol groups is 1. The molecule has 1 fully saturated rings. The van der Waals surface area contributed by atoms with E-state index >= 15 is 0 Å². The minimum absolute atomic E-state index is 0.0425. The summed E-state index contributed by atoms with van der Waals surface area (Å²) >= 11 is 3.90. The van der Waals surface area contributed by atoms with Gasteiger partial charge >= 0.3 is 0 Å². The summed E-state index contributed by atoms with van der Waals surface area (Å²) in [7, 11) is 0. The van der Waals surface area contributed by atoms with E-state index in [9.17, 15) is 19.2 Å². The Bertz CT molecular complexity index is 672. The normalized spacial score (nSPS) is 17.6. The second-order valence-corrected chi connectivity index (χ2v) is 10.5. The smallest absolute Gasteiger partial charge is 0.240 e. The summed E-state index contributed by atoms with van der Waals surface area (Å²) in [6, 6.07) is 0. The first-order valence-corrected chi connectivity index (χ1v) is 12.6. The van der Waals surface area contributed by atoms with Crippen LogP contribution in [0.5, 0.6) is 0 Å². The van der Waals surface area contributed by atoms with Crippen LogP contribution in [0.15, 0.2) is 0 Å². The fourth-order valence-electron chi connectivity index (χ4n) is 3.20. The highest BCUT2D eigenvalue weighted by Gasteiger charge is 2.39. The molecule has 1 heterocycles. The van der Waals surface area contributed by atoms with Crippen LogP contribution >= 0.6 is 12.8 Å². The standard InChI is InChI=1S/C15H26N2O3.C9H20N2O2S/c1-10(2)5-7-16-13(18)6-8-17-14(19)9-12(11(3)4)15(17)20;1-7(2)6-10-8(13)9(3,11-14)4-5-12/h10-12H,5-9H2,1-4H3,(H,16,18);7,11-12,14H,4-6H2,1-3H3,(H,10,13). The summed E-state index contributed by atoms with van der Waals surface area (Å²) in [6.45, 7) is 15.3. The summed E-state index contributed by atoms with van der Waals surface area (Å²) in [5.41, 5.74) is -0.799. The predicted molar refractivity (Wildman–Crippen MR) is 137 cm³/mol. The molecule has 9 nitrogen and oxygen atoms in total. The van der Waals surface area contributed by atoms with Crippen molar-refractivity contribution < 1.29 is 24.3 Å². The quantitative estimate of drug-likeness (QED) is 0.193. The zero-order chi connectivity index (χ0) is 26.5. The van der Waals surface area contributed by atoms with Crippen molar-refractivity contribution in [3.63, 3.8) is 0 Å². The van der Waals surface area contributed by atoms with Crippen molar-refractivity contribution in [3.05, 3.63) is 0 Å². The van der Waals surface area contributed by atoms with Crippen LogP contribution in [0.2, 0.25) is 0 Å². The molecule has 10 heteroatoms. The predicted octanol–water partition coefficient (Wildman–Crippen LogP) is 1.90. The molecule has 4 N–H and O–H groups in total. The Morgan fingerprint density at radius 3 is 2.18 bits per heavy atom. The van der Waals surface area contributed by atoms with E-state index in [4.69, 9.17) is 5.11 Å². The molecule has 2 unspecified atom stereocenters. The molecule has 198 valence electrons. The van der Waals surface area contributed by atoms with E-state index in [1.807, 2.05) is 27.7 Å². The molecule has 1 saturated heterocycles. The molecule has 1 aliphatic rings. The molecule has 0 radical (unpaired) electrons. The minimum Gasteiger partial charge on any atom is -0.396 e. The van der Waals surface area contributed by atoms with Gasteiger partial charge < -0.3 is 15.7 Å². The number of nitrogens with zero attached hydrogens (tertiary/aromatic N) is 1. The van der Waals surface area contributed by atoms with E-state index in [2.05, 4.69) is 42.0 Å². The number of carbonyl (C=O) groups is 4. The van der Waals surface area contributed by atoms with Gasteiger partial charge in [0.1, 0.15) is 5.54 Å². The van der Waals surface area contributed by atoms with Gasteiger partial charge in [-0.05, 0) is 37.5 Å². The van der Waals surface area contributed by atoms with Crippen LogP contribution in [0.4, 0.5) is 0 Å². The molecule has 0 aromatic rings. The first-order chi connectivity index (χ1) is 15.8. The molecule has 0 spiro atoms. The van der Waals surface area contributed by atoms with Gasteiger partial charge in [0, 0.05) is 45.0 Å². The third-order valence-electron chi connectivity index (χ3n) is 5.72. The Balaban J connectivity index is 0.000000686. The second-order valence-electron chi connectivity index (χ2n) is 10.2. The van der Waals surface area contributed by atoms with Crippen molar-refractivity contribution in [1.82, 2.24) is 20.3 Å². The third kappa shape index (κ3) is 11.7. The van der Waals surface area contributed by atoms with E-state index in [1.54, 1.807) is 6.92 Å². The van der Waals surface area contributed by atoms with Crippen LogP contribution in [0.1, 0.15) is 74.1 Å². The van der Waals surface area contributed by atoms with E-state index in [1.165, 1.54) is 4.90 Å². The van der Waals surface area contributed by atoms with Gasteiger partial charge in [0.25, 0.3) is 0 Å². The van der Waals surface area contributed by atoms with Crippen LogP contribution in [0, 0.1) is 23.7 Å². The Morgan fingerprint density at radius 1 is 1.12 bits per heavy atom. The Hall–Kier alpha value is -1.65. The Morgan fingerprint density at radius 2 is 1.74 bits per heavy atom. The number of carbonyl (C=O) groups excluding carboxylic acids is 4. The number of likely N-dealkylation sites (tertiary alicyclic amines) is 1. The van der Waals surface area contributed by atoms with Crippen LogP contribution in [0.25, 0.3) is 0 Å². The van der Waals surface area contributed by atoms with Crippen molar-refractivity contribution >= 4 is 36.4 Å². The first-order valence-electron chi connectivity index (χ1n) is 12.2. The van der Waals surface area contributed by atoms with E-state index in [0.29, 0.717) is 31.3 Å². The van der Waals surface area contributed by atoms with Gasteiger partial charge in [0.2, 0.25) is 23.6 Å². The first kappa shape index (κ1) is 32.4. The highest BCUT2D eigenvalue weighted by Crippen LogP contribution is 2.26. The molecule has 0 aromatic carbocycles. The summed E-state index contributed by atoms with van der Waals surface area (Å²) in [5.74, 6) is 0.405. The lowest BCUT2D eigenvalue weighted by Gasteiger charge is -2.26. The third-order valence-corrected chi connectivity index (χ3v) is 6.21.